The van der Waals surface area contributed by atoms with Crippen LogP contribution in [0.25, 0.3) is 0 Å². The van der Waals surface area contributed by atoms with Crippen molar-refractivity contribution >= 4 is 18.6 Å². The highest BCUT2D eigenvalue weighted by atomic mass is 32.1. The number of benzene rings is 1. The molecule has 1 rings (SSSR count). The molecule has 0 aromatic heterocycles. The molecule has 0 radical (unpaired) electrons. The van der Waals surface area contributed by atoms with Gasteiger partial charge in [-0.3, -0.25) is 9.69 Å². The monoisotopic (exact) mass is 763 g/mol. The predicted molar refractivity (Wildman–Crippen MR) is 184 cm³/mol. The van der Waals surface area contributed by atoms with E-state index in [1.54, 1.807) is 0 Å². The zero-order valence-corrected chi connectivity index (χ0v) is 31.0. The number of hydrogen-bond donors (Lipinski definition) is 1. The number of thiol groups is 1. The van der Waals surface area contributed by atoms with E-state index in [0.717, 1.165) is 13.0 Å². The molecule has 0 aliphatic rings. The van der Waals surface area contributed by atoms with Crippen molar-refractivity contribution in [2.45, 2.75) is 33.1 Å². The lowest BCUT2D eigenvalue weighted by molar-refractivity contribution is -0.136. The van der Waals surface area contributed by atoms with Gasteiger partial charge < -0.3 is 47.4 Å². The van der Waals surface area contributed by atoms with Gasteiger partial charge in [0, 0.05) is 37.6 Å². The van der Waals surface area contributed by atoms with Gasteiger partial charge in [-0.1, -0.05) is 13.8 Å². The number of ether oxygens (including phenoxy) is 10. The highest BCUT2D eigenvalue weighted by Gasteiger charge is 2.27. The van der Waals surface area contributed by atoms with Gasteiger partial charge in [-0.05, 0) is 12.8 Å². The minimum absolute atomic E-state index is 0.100. The Morgan fingerprint density at radius 1 is 0.510 bits per heavy atom. The van der Waals surface area contributed by atoms with Crippen molar-refractivity contribution in [2.24, 2.45) is 0 Å². The second-order valence-corrected chi connectivity index (χ2v) is 11.2. The molecule has 0 fully saturated rings. The van der Waals surface area contributed by atoms with Gasteiger partial charge in [0.15, 0.2) is 17.4 Å². The van der Waals surface area contributed by atoms with E-state index in [9.17, 15) is 22.4 Å². The van der Waals surface area contributed by atoms with Gasteiger partial charge in [0.2, 0.25) is 11.6 Å². The van der Waals surface area contributed by atoms with Crippen molar-refractivity contribution in [1.29, 1.82) is 0 Å². The second-order valence-electron chi connectivity index (χ2n) is 10.7. The average Bonchev–Trinajstić information content (AvgIpc) is 3.13. The topological polar surface area (TPSA) is 113 Å². The third-order valence-electron chi connectivity index (χ3n) is 6.81. The van der Waals surface area contributed by atoms with Gasteiger partial charge in [-0.15, -0.1) is 0 Å². The summed E-state index contributed by atoms with van der Waals surface area (Å²) in [4.78, 5) is 14.2. The number of carbonyl (C=O) groups is 1. The Kier molecular flexibility index (Phi) is 30.6. The van der Waals surface area contributed by atoms with E-state index in [0.29, 0.717) is 118 Å². The Bertz CT molecular complexity index is 996. The fourth-order valence-corrected chi connectivity index (χ4v) is 4.28. The summed E-state index contributed by atoms with van der Waals surface area (Å²) in [6.45, 7) is 13.5. The molecule has 1 aromatic rings. The molecule has 0 saturated heterocycles. The van der Waals surface area contributed by atoms with E-state index in [4.69, 9.17) is 47.4 Å². The van der Waals surface area contributed by atoms with Crippen LogP contribution in [0.3, 0.4) is 0 Å². The van der Waals surface area contributed by atoms with Crippen LogP contribution >= 0.6 is 12.6 Å². The number of rotatable bonds is 36. The lowest BCUT2D eigenvalue weighted by Gasteiger charge is -2.22. The third kappa shape index (κ3) is 23.6. The summed E-state index contributed by atoms with van der Waals surface area (Å²) in [6, 6.07) is 0. The SMILES string of the molecule is CCCOCCOCCOCCN(CCOCCOCCOCCS)CCOCCOCCOCCC(=O)Oc1c(F)c(F)c(F)c(F)c1CC. The zero-order chi connectivity index (χ0) is 37.4. The molecule has 0 unspecified atom stereocenters. The Labute approximate surface area is 305 Å². The van der Waals surface area contributed by atoms with Gasteiger partial charge in [-0.2, -0.15) is 17.0 Å². The molecule has 0 amide bonds. The van der Waals surface area contributed by atoms with Gasteiger partial charge >= 0.3 is 5.97 Å². The van der Waals surface area contributed by atoms with Crippen LogP contribution in [-0.2, 0) is 53.8 Å². The number of halogens is 4. The molecule has 0 atom stereocenters. The van der Waals surface area contributed by atoms with Crippen LogP contribution < -0.4 is 4.74 Å². The first-order valence-electron chi connectivity index (χ1n) is 17.5. The Hall–Kier alpha value is -1.64. The molecule has 0 aliphatic heterocycles. The summed E-state index contributed by atoms with van der Waals surface area (Å²) >= 11 is 4.09. The molecule has 0 bridgehead atoms. The van der Waals surface area contributed by atoms with Gasteiger partial charge in [0.25, 0.3) is 0 Å². The maximum atomic E-state index is 14.0. The standard InChI is InChI=1S/C34H57F4NO11S/c1-3-9-41-14-19-46-21-16-43-11-6-39(8-13-45-18-23-48-24-25-49-26-27-51)7-12-44-17-22-47-20-15-42-10-5-29(40)50-34-28(4-2)30(35)31(36)32(37)33(34)38/h51H,3-27H2,1-2H3. The molecule has 51 heavy (non-hydrogen) atoms. The first-order chi connectivity index (χ1) is 24.9. The molecule has 0 saturated carbocycles. The minimum atomic E-state index is -2.04. The van der Waals surface area contributed by atoms with Crippen molar-refractivity contribution in [1.82, 2.24) is 4.90 Å². The van der Waals surface area contributed by atoms with Crippen LogP contribution in [0.15, 0.2) is 0 Å². The summed E-state index contributed by atoms with van der Waals surface area (Å²) in [6.07, 6.45) is 0.455. The molecular formula is C34H57F4NO11S. The number of esters is 1. The molecule has 0 heterocycles. The summed E-state index contributed by atoms with van der Waals surface area (Å²) in [5.74, 6) is -8.61. The van der Waals surface area contributed by atoms with Crippen LogP contribution in [0.2, 0.25) is 0 Å². The van der Waals surface area contributed by atoms with E-state index in [-0.39, 0.29) is 32.7 Å². The van der Waals surface area contributed by atoms with Crippen LogP contribution in [-0.4, -0.2) is 155 Å². The van der Waals surface area contributed by atoms with Crippen molar-refractivity contribution in [3.05, 3.63) is 28.8 Å². The minimum Gasteiger partial charge on any atom is -0.423 e. The first-order valence-corrected chi connectivity index (χ1v) is 18.1. The summed E-state index contributed by atoms with van der Waals surface area (Å²) < 4.78 is 109. The average molecular weight is 764 g/mol. The Morgan fingerprint density at radius 3 is 1.29 bits per heavy atom. The Balaban J connectivity index is 2.20. The molecule has 17 heteroatoms. The van der Waals surface area contributed by atoms with E-state index in [2.05, 4.69) is 24.5 Å². The van der Waals surface area contributed by atoms with Crippen LogP contribution in [0.1, 0.15) is 32.3 Å². The third-order valence-corrected chi connectivity index (χ3v) is 6.99. The van der Waals surface area contributed by atoms with Crippen molar-refractivity contribution in [2.75, 3.05) is 144 Å². The number of carbonyl (C=O) groups excluding carboxylic acids is 1. The molecule has 0 aliphatic carbocycles. The molecule has 1 aromatic carbocycles. The molecule has 0 spiro atoms. The first kappa shape index (κ1) is 47.4. The number of hydrogen-bond acceptors (Lipinski definition) is 13. The fourth-order valence-electron chi connectivity index (χ4n) is 4.15. The highest BCUT2D eigenvalue weighted by Crippen LogP contribution is 2.31. The van der Waals surface area contributed by atoms with E-state index in [1.165, 1.54) is 6.92 Å². The largest absolute Gasteiger partial charge is 0.423 e. The van der Waals surface area contributed by atoms with Gasteiger partial charge in [-0.25, -0.2) is 13.2 Å². The normalized spacial score (nSPS) is 11.6. The Morgan fingerprint density at radius 2 is 0.882 bits per heavy atom. The predicted octanol–water partition coefficient (Wildman–Crippen LogP) is 3.89. The molecular weight excluding hydrogens is 706 g/mol. The fraction of sp³-hybridized carbons (Fsp3) is 0.794. The van der Waals surface area contributed by atoms with Crippen LogP contribution in [0, 0.1) is 23.3 Å². The van der Waals surface area contributed by atoms with Crippen molar-refractivity contribution in [3.8, 4) is 5.75 Å². The lowest BCUT2D eigenvalue weighted by Crippen LogP contribution is -2.34. The van der Waals surface area contributed by atoms with Gasteiger partial charge in [0.05, 0.1) is 119 Å². The van der Waals surface area contributed by atoms with E-state index >= 15 is 0 Å². The molecule has 12 nitrogen and oxygen atoms in total. The molecule has 298 valence electrons. The van der Waals surface area contributed by atoms with Crippen molar-refractivity contribution < 1.29 is 69.7 Å². The van der Waals surface area contributed by atoms with E-state index in [1.807, 2.05) is 0 Å². The number of nitrogens with zero attached hydrogens (tertiary/aromatic N) is 1. The smallest absolute Gasteiger partial charge is 0.313 e. The lowest BCUT2D eigenvalue weighted by atomic mass is 10.1. The van der Waals surface area contributed by atoms with E-state index < -0.39 is 40.6 Å². The van der Waals surface area contributed by atoms with Crippen molar-refractivity contribution in [3.63, 3.8) is 0 Å². The highest BCUT2D eigenvalue weighted by molar-refractivity contribution is 7.80. The summed E-state index contributed by atoms with van der Waals surface area (Å²) in [7, 11) is 0. The zero-order valence-electron chi connectivity index (χ0n) is 30.1. The molecule has 0 N–H and O–H groups in total. The quantitative estimate of drug-likeness (QED) is 0.0204. The maximum Gasteiger partial charge on any atom is 0.313 e. The second kappa shape index (κ2) is 33.0. The summed E-state index contributed by atoms with van der Waals surface area (Å²) in [5.41, 5.74) is -0.562. The van der Waals surface area contributed by atoms with Gasteiger partial charge in [0.1, 0.15) is 0 Å². The summed E-state index contributed by atoms with van der Waals surface area (Å²) in [5, 5.41) is 0. The van der Waals surface area contributed by atoms with Crippen LogP contribution in [0.5, 0.6) is 5.75 Å². The maximum absolute atomic E-state index is 14.0. The van der Waals surface area contributed by atoms with Crippen LogP contribution in [0.4, 0.5) is 17.6 Å².